The second kappa shape index (κ2) is 12.5. The van der Waals surface area contributed by atoms with E-state index in [0.29, 0.717) is 54.2 Å². The van der Waals surface area contributed by atoms with Gasteiger partial charge in [0.05, 0.1) is 25.4 Å². The molecule has 0 aliphatic rings. The van der Waals surface area contributed by atoms with Crippen molar-refractivity contribution in [1.82, 2.24) is 10.9 Å². The second-order valence-corrected chi connectivity index (χ2v) is 7.35. The SMILES string of the molecule is CCOc1cc(C(=O)NNC(=O)CCc2ccc(-c3ccccc3F)o2)cc(OCC)c1OCC. The van der Waals surface area contributed by atoms with Crippen molar-refractivity contribution in [3.63, 3.8) is 0 Å². The quantitative estimate of drug-likeness (QED) is 0.384. The maximum absolute atomic E-state index is 13.9. The summed E-state index contributed by atoms with van der Waals surface area (Å²) in [7, 11) is 0. The van der Waals surface area contributed by atoms with Crippen LogP contribution in [-0.4, -0.2) is 31.6 Å². The van der Waals surface area contributed by atoms with Crippen molar-refractivity contribution in [2.45, 2.75) is 33.6 Å². The number of halogens is 1. The van der Waals surface area contributed by atoms with Crippen molar-refractivity contribution < 1.29 is 32.6 Å². The Morgan fingerprint density at radius 1 is 0.886 bits per heavy atom. The average Bonchev–Trinajstić information content (AvgIpc) is 3.32. The number of nitrogens with one attached hydrogen (secondary N) is 2. The van der Waals surface area contributed by atoms with Crippen LogP contribution in [0.3, 0.4) is 0 Å². The van der Waals surface area contributed by atoms with E-state index in [1.807, 2.05) is 20.8 Å². The molecule has 2 N–H and O–H groups in total. The van der Waals surface area contributed by atoms with E-state index in [4.69, 9.17) is 18.6 Å². The van der Waals surface area contributed by atoms with Crippen molar-refractivity contribution >= 4 is 11.8 Å². The van der Waals surface area contributed by atoms with E-state index in [2.05, 4.69) is 10.9 Å². The highest BCUT2D eigenvalue weighted by Gasteiger charge is 2.19. The Morgan fingerprint density at radius 2 is 1.54 bits per heavy atom. The minimum absolute atomic E-state index is 0.0577. The van der Waals surface area contributed by atoms with Crippen LogP contribution in [0.25, 0.3) is 11.3 Å². The van der Waals surface area contributed by atoms with Crippen LogP contribution in [0.15, 0.2) is 52.9 Å². The first kappa shape index (κ1) is 25.6. The van der Waals surface area contributed by atoms with Gasteiger partial charge in [0.15, 0.2) is 11.5 Å². The zero-order valence-electron chi connectivity index (χ0n) is 20.0. The van der Waals surface area contributed by atoms with Crippen LogP contribution in [0.5, 0.6) is 17.2 Å². The van der Waals surface area contributed by atoms with Gasteiger partial charge in [-0.2, -0.15) is 0 Å². The summed E-state index contributed by atoms with van der Waals surface area (Å²) < 4.78 is 36.4. The van der Waals surface area contributed by atoms with Crippen LogP contribution >= 0.6 is 0 Å². The van der Waals surface area contributed by atoms with E-state index in [-0.39, 0.29) is 24.2 Å². The van der Waals surface area contributed by atoms with Crippen molar-refractivity contribution in [1.29, 1.82) is 0 Å². The molecule has 0 aliphatic heterocycles. The summed E-state index contributed by atoms with van der Waals surface area (Å²) in [4.78, 5) is 24.9. The Bertz CT molecular complexity index is 1130. The summed E-state index contributed by atoms with van der Waals surface area (Å²) in [5.74, 6) is 0.747. The van der Waals surface area contributed by atoms with Crippen LogP contribution in [0.2, 0.25) is 0 Å². The third kappa shape index (κ3) is 6.75. The van der Waals surface area contributed by atoms with Gasteiger partial charge in [0.25, 0.3) is 5.91 Å². The molecule has 1 heterocycles. The van der Waals surface area contributed by atoms with E-state index in [1.54, 1.807) is 30.3 Å². The zero-order chi connectivity index (χ0) is 25.2. The highest BCUT2D eigenvalue weighted by atomic mass is 19.1. The van der Waals surface area contributed by atoms with Crippen molar-refractivity contribution in [2.24, 2.45) is 0 Å². The average molecular weight is 485 g/mol. The summed E-state index contributed by atoms with van der Waals surface area (Å²) in [6.45, 7) is 6.63. The Hall–Kier alpha value is -4.01. The topological polar surface area (TPSA) is 99.0 Å². The van der Waals surface area contributed by atoms with Gasteiger partial charge < -0.3 is 18.6 Å². The first-order chi connectivity index (χ1) is 17.0. The molecule has 186 valence electrons. The first-order valence-electron chi connectivity index (χ1n) is 11.5. The van der Waals surface area contributed by atoms with Gasteiger partial charge in [-0.3, -0.25) is 20.4 Å². The monoisotopic (exact) mass is 484 g/mol. The number of benzene rings is 2. The molecule has 3 rings (SSSR count). The van der Waals surface area contributed by atoms with Gasteiger partial charge >= 0.3 is 0 Å². The molecular formula is C26H29FN2O6. The number of amides is 2. The summed E-state index contributed by atoms with van der Waals surface area (Å²) >= 11 is 0. The number of hydrazine groups is 1. The van der Waals surface area contributed by atoms with Gasteiger partial charge in [0.2, 0.25) is 11.7 Å². The molecule has 9 heteroatoms. The third-order valence-electron chi connectivity index (χ3n) is 4.89. The Labute approximate surface area is 203 Å². The molecule has 3 aromatic rings. The summed E-state index contributed by atoms with van der Waals surface area (Å²) in [6, 6.07) is 12.7. The fourth-order valence-corrected chi connectivity index (χ4v) is 3.34. The number of rotatable bonds is 11. The molecule has 0 radical (unpaired) electrons. The standard InChI is InChI=1S/C26H29FN2O6/c1-4-32-22-15-17(16-23(33-5-2)25(22)34-6-3)26(31)29-28-24(30)14-12-18-11-13-21(35-18)19-9-7-8-10-20(19)27/h7-11,13,15-16H,4-6,12,14H2,1-3H3,(H,28,30)(H,29,31). The molecular weight excluding hydrogens is 455 g/mol. The lowest BCUT2D eigenvalue weighted by Gasteiger charge is -2.17. The third-order valence-corrected chi connectivity index (χ3v) is 4.89. The molecule has 8 nitrogen and oxygen atoms in total. The van der Waals surface area contributed by atoms with Crippen LogP contribution in [-0.2, 0) is 11.2 Å². The zero-order valence-corrected chi connectivity index (χ0v) is 20.0. The highest BCUT2D eigenvalue weighted by molar-refractivity contribution is 5.96. The molecule has 35 heavy (non-hydrogen) atoms. The van der Waals surface area contributed by atoms with Crippen molar-refractivity contribution in [3.05, 3.63) is 65.7 Å². The van der Waals surface area contributed by atoms with E-state index in [0.717, 1.165) is 0 Å². The van der Waals surface area contributed by atoms with E-state index in [9.17, 15) is 14.0 Å². The molecule has 0 saturated carbocycles. The minimum atomic E-state index is -0.539. The number of furan rings is 1. The second-order valence-electron chi connectivity index (χ2n) is 7.35. The van der Waals surface area contributed by atoms with Crippen LogP contribution in [0, 0.1) is 5.82 Å². The Morgan fingerprint density at radius 3 is 2.17 bits per heavy atom. The number of hydrogen-bond donors (Lipinski definition) is 2. The number of carbonyl (C=O) groups excluding carboxylic acids is 2. The maximum atomic E-state index is 13.9. The van der Waals surface area contributed by atoms with Gasteiger partial charge in [0, 0.05) is 18.4 Å². The van der Waals surface area contributed by atoms with Gasteiger partial charge in [-0.05, 0) is 57.2 Å². The largest absolute Gasteiger partial charge is 0.490 e. The minimum Gasteiger partial charge on any atom is -0.490 e. The lowest BCUT2D eigenvalue weighted by Crippen LogP contribution is -2.41. The molecule has 0 unspecified atom stereocenters. The number of ether oxygens (including phenoxy) is 3. The number of aryl methyl sites for hydroxylation is 1. The normalized spacial score (nSPS) is 10.5. The fourth-order valence-electron chi connectivity index (χ4n) is 3.34. The van der Waals surface area contributed by atoms with Crippen molar-refractivity contribution in [3.8, 4) is 28.6 Å². The molecule has 0 saturated heterocycles. The number of carbonyl (C=O) groups is 2. The van der Waals surface area contributed by atoms with Crippen LogP contribution in [0.4, 0.5) is 4.39 Å². The van der Waals surface area contributed by atoms with Gasteiger partial charge in [0.1, 0.15) is 17.3 Å². The van der Waals surface area contributed by atoms with E-state index >= 15 is 0 Å². The molecule has 0 spiro atoms. The first-order valence-corrected chi connectivity index (χ1v) is 11.5. The lowest BCUT2D eigenvalue weighted by molar-refractivity contribution is -0.121. The Balaban J connectivity index is 1.59. The fraction of sp³-hybridized carbons (Fsp3) is 0.308. The molecule has 2 amide bonds. The van der Waals surface area contributed by atoms with Gasteiger partial charge in [-0.1, -0.05) is 12.1 Å². The van der Waals surface area contributed by atoms with Crippen LogP contribution < -0.4 is 25.1 Å². The van der Waals surface area contributed by atoms with Crippen LogP contribution in [0.1, 0.15) is 43.3 Å². The van der Waals surface area contributed by atoms with Crippen molar-refractivity contribution in [2.75, 3.05) is 19.8 Å². The number of hydrogen-bond acceptors (Lipinski definition) is 6. The van der Waals surface area contributed by atoms with E-state index in [1.165, 1.54) is 18.2 Å². The molecule has 0 bridgehead atoms. The van der Waals surface area contributed by atoms with E-state index < -0.39 is 11.8 Å². The molecule has 0 fully saturated rings. The smallest absolute Gasteiger partial charge is 0.269 e. The summed E-state index contributed by atoms with van der Waals surface area (Å²) in [5, 5.41) is 0. The predicted molar refractivity (Wildman–Crippen MR) is 128 cm³/mol. The molecule has 2 aromatic carbocycles. The Kier molecular flexibility index (Phi) is 9.11. The maximum Gasteiger partial charge on any atom is 0.269 e. The molecule has 0 aliphatic carbocycles. The summed E-state index contributed by atoms with van der Waals surface area (Å²) in [5.41, 5.74) is 5.37. The van der Waals surface area contributed by atoms with Gasteiger partial charge in [-0.15, -0.1) is 0 Å². The molecule has 0 atom stereocenters. The van der Waals surface area contributed by atoms with Gasteiger partial charge in [-0.25, -0.2) is 4.39 Å². The lowest BCUT2D eigenvalue weighted by atomic mass is 10.1. The molecule has 1 aromatic heterocycles. The predicted octanol–water partition coefficient (Wildman–Crippen LogP) is 4.68. The summed E-state index contributed by atoms with van der Waals surface area (Å²) in [6.07, 6.45) is 0.338. The highest BCUT2D eigenvalue weighted by Crippen LogP contribution is 2.39.